The second-order valence-electron chi connectivity index (χ2n) is 2.31. The van der Waals surface area contributed by atoms with Gasteiger partial charge in [0.15, 0.2) is 0 Å². The Balaban J connectivity index is 3.16. The van der Waals surface area contributed by atoms with Gasteiger partial charge in [0, 0.05) is 0 Å². The highest BCUT2D eigenvalue weighted by molar-refractivity contribution is 7.92. The van der Waals surface area contributed by atoms with Crippen molar-refractivity contribution < 1.29 is 18.3 Å². The Bertz CT molecular complexity index is 376. The molecule has 1 aliphatic rings. The Kier molecular flexibility index (Phi) is 1.93. The lowest BCUT2D eigenvalue weighted by atomic mass is 10.2. The summed E-state index contributed by atoms with van der Waals surface area (Å²) < 4.78 is 23.5. The Morgan fingerprint density at radius 2 is 2.17 bits per heavy atom. The maximum atomic E-state index is 10.8. The van der Waals surface area contributed by atoms with Crippen LogP contribution in [0, 0.1) is 0 Å². The molecule has 0 unspecified atom stereocenters. The molecule has 1 heterocycles. The smallest absolute Gasteiger partial charge is 0.353 e. The van der Waals surface area contributed by atoms with E-state index >= 15 is 0 Å². The maximum Gasteiger partial charge on any atom is 0.353 e. The van der Waals surface area contributed by atoms with Crippen molar-refractivity contribution in [2.45, 2.75) is 6.92 Å². The molecule has 1 aliphatic heterocycles. The van der Waals surface area contributed by atoms with Crippen molar-refractivity contribution in [3.8, 4) is 0 Å². The summed E-state index contributed by atoms with van der Waals surface area (Å²) in [5.74, 6) is -1.28. The second kappa shape index (κ2) is 2.63. The quantitative estimate of drug-likeness (QED) is 0.598. The van der Waals surface area contributed by atoms with Crippen LogP contribution in [0.15, 0.2) is 22.8 Å². The highest BCUT2D eigenvalue weighted by Gasteiger charge is 2.19. The Hall–Kier alpha value is -1.30. The number of allylic oxidation sites excluding steroid dienone is 2. The van der Waals surface area contributed by atoms with Crippen LogP contribution in [0.2, 0.25) is 0 Å². The van der Waals surface area contributed by atoms with E-state index < -0.39 is 16.0 Å². The van der Waals surface area contributed by atoms with Crippen molar-refractivity contribution in [3.05, 3.63) is 22.8 Å². The lowest BCUT2D eigenvalue weighted by Gasteiger charge is -2.11. The van der Waals surface area contributed by atoms with E-state index in [1.165, 1.54) is 13.0 Å². The zero-order valence-corrected chi connectivity index (χ0v) is 7.05. The van der Waals surface area contributed by atoms with Gasteiger partial charge in [-0.3, -0.25) is 4.72 Å². The zero-order chi connectivity index (χ0) is 9.35. The fourth-order valence-electron chi connectivity index (χ4n) is 0.744. The molecular weight excluding hydrogens is 182 g/mol. The first-order valence-electron chi connectivity index (χ1n) is 3.07. The first-order chi connectivity index (χ1) is 5.42. The van der Waals surface area contributed by atoms with Crippen LogP contribution in [0.4, 0.5) is 0 Å². The van der Waals surface area contributed by atoms with Crippen LogP contribution in [-0.4, -0.2) is 19.5 Å². The summed E-state index contributed by atoms with van der Waals surface area (Å²) in [4.78, 5) is 10.4. The van der Waals surface area contributed by atoms with Crippen LogP contribution in [-0.2, 0) is 14.8 Å². The van der Waals surface area contributed by atoms with E-state index in [0.29, 0.717) is 5.57 Å². The Morgan fingerprint density at radius 1 is 1.58 bits per heavy atom. The fraction of sp³-hybridized carbons (Fsp3) is 0.167. The number of rotatable bonds is 1. The van der Waals surface area contributed by atoms with E-state index in [1.807, 2.05) is 4.72 Å². The second-order valence-corrected chi connectivity index (χ2v) is 3.88. The van der Waals surface area contributed by atoms with E-state index in [1.54, 1.807) is 0 Å². The van der Waals surface area contributed by atoms with Gasteiger partial charge in [0.05, 0.1) is 5.41 Å². The molecule has 12 heavy (non-hydrogen) atoms. The molecule has 6 heteroatoms. The molecule has 0 saturated carbocycles. The van der Waals surface area contributed by atoms with Gasteiger partial charge in [0.1, 0.15) is 5.70 Å². The number of carboxylic acid groups (broad SMARTS) is 1. The zero-order valence-electron chi connectivity index (χ0n) is 6.23. The molecule has 0 aromatic rings. The third-order valence-corrected chi connectivity index (χ3v) is 2.33. The van der Waals surface area contributed by atoms with Crippen molar-refractivity contribution in [3.63, 3.8) is 0 Å². The van der Waals surface area contributed by atoms with E-state index in [-0.39, 0.29) is 5.70 Å². The molecule has 66 valence electrons. The molecule has 0 atom stereocenters. The molecule has 0 amide bonds. The lowest BCUT2D eigenvalue weighted by Crippen LogP contribution is -2.28. The highest BCUT2D eigenvalue weighted by atomic mass is 32.2. The standard InChI is InChI=1S/C6H7NO4S/c1-4-2-3-12(10,11)7-5(4)6(8)9/h2-3,7H,1H3,(H,8,9). The average molecular weight is 189 g/mol. The van der Waals surface area contributed by atoms with E-state index in [9.17, 15) is 13.2 Å². The summed E-state index contributed by atoms with van der Waals surface area (Å²) in [6, 6.07) is 0. The average Bonchev–Trinajstić information content (AvgIpc) is 1.94. The van der Waals surface area contributed by atoms with Crippen molar-refractivity contribution in [1.29, 1.82) is 0 Å². The molecule has 0 fully saturated rings. The van der Waals surface area contributed by atoms with Crippen LogP contribution in [0.1, 0.15) is 6.92 Å². The third-order valence-electron chi connectivity index (χ3n) is 1.35. The topological polar surface area (TPSA) is 83.5 Å². The van der Waals surface area contributed by atoms with E-state index in [4.69, 9.17) is 5.11 Å². The summed E-state index contributed by atoms with van der Waals surface area (Å²) >= 11 is 0. The summed E-state index contributed by atoms with van der Waals surface area (Å²) in [7, 11) is -3.58. The first kappa shape index (κ1) is 8.79. The molecule has 1 rings (SSSR count). The van der Waals surface area contributed by atoms with Gasteiger partial charge in [-0.25, -0.2) is 13.2 Å². The monoisotopic (exact) mass is 189 g/mol. The van der Waals surface area contributed by atoms with Crippen LogP contribution in [0.25, 0.3) is 0 Å². The van der Waals surface area contributed by atoms with Gasteiger partial charge >= 0.3 is 5.97 Å². The van der Waals surface area contributed by atoms with Crippen molar-refractivity contribution >= 4 is 16.0 Å². The molecule has 5 nitrogen and oxygen atoms in total. The molecule has 0 aromatic carbocycles. The van der Waals surface area contributed by atoms with Gasteiger partial charge in [-0.1, -0.05) is 0 Å². The summed E-state index contributed by atoms with van der Waals surface area (Å²) in [5, 5.41) is 9.45. The lowest BCUT2D eigenvalue weighted by molar-refractivity contribution is -0.132. The van der Waals surface area contributed by atoms with Crippen LogP contribution >= 0.6 is 0 Å². The number of carbonyl (C=O) groups is 1. The molecule has 2 N–H and O–H groups in total. The fourth-order valence-corrected chi connectivity index (χ4v) is 1.73. The van der Waals surface area contributed by atoms with Crippen molar-refractivity contribution in [1.82, 2.24) is 4.72 Å². The minimum Gasteiger partial charge on any atom is -0.477 e. The summed E-state index contributed by atoms with van der Waals surface area (Å²) in [6.45, 7) is 1.52. The SMILES string of the molecule is CC1=C(C(=O)O)NS(=O)(=O)C=C1. The van der Waals surface area contributed by atoms with Gasteiger partial charge < -0.3 is 5.11 Å². The Labute approximate surface area is 69.4 Å². The molecule has 0 saturated heterocycles. The minimum atomic E-state index is -3.58. The van der Waals surface area contributed by atoms with Crippen LogP contribution in [0.3, 0.4) is 0 Å². The van der Waals surface area contributed by atoms with E-state index in [0.717, 1.165) is 5.41 Å². The van der Waals surface area contributed by atoms with Gasteiger partial charge in [-0.15, -0.1) is 0 Å². The van der Waals surface area contributed by atoms with Crippen molar-refractivity contribution in [2.24, 2.45) is 0 Å². The number of sulfonamides is 1. The number of hydrogen-bond acceptors (Lipinski definition) is 3. The predicted molar refractivity (Wildman–Crippen MR) is 41.5 cm³/mol. The predicted octanol–water partition coefficient (Wildman–Crippen LogP) is -0.208. The molecule has 0 aromatic heterocycles. The maximum absolute atomic E-state index is 10.8. The van der Waals surface area contributed by atoms with Crippen molar-refractivity contribution in [2.75, 3.05) is 0 Å². The molecule has 0 aliphatic carbocycles. The molecular formula is C6H7NO4S. The van der Waals surface area contributed by atoms with Crippen LogP contribution in [0.5, 0.6) is 0 Å². The van der Waals surface area contributed by atoms with Gasteiger partial charge in [-0.2, -0.15) is 0 Å². The number of aliphatic carboxylic acids is 1. The Morgan fingerprint density at radius 3 is 2.58 bits per heavy atom. The summed E-state index contributed by atoms with van der Waals surface area (Å²) in [6.07, 6.45) is 1.25. The first-order valence-corrected chi connectivity index (χ1v) is 4.62. The molecule has 0 spiro atoms. The third kappa shape index (κ3) is 1.65. The van der Waals surface area contributed by atoms with Gasteiger partial charge in [0.25, 0.3) is 10.0 Å². The number of carboxylic acids is 1. The van der Waals surface area contributed by atoms with Crippen LogP contribution < -0.4 is 4.72 Å². The van der Waals surface area contributed by atoms with E-state index in [2.05, 4.69) is 0 Å². The largest absolute Gasteiger partial charge is 0.477 e. The summed E-state index contributed by atoms with van der Waals surface area (Å²) in [5.41, 5.74) is 0.0924. The molecule has 0 bridgehead atoms. The molecule has 0 radical (unpaired) electrons. The highest BCUT2D eigenvalue weighted by Crippen LogP contribution is 2.11. The van der Waals surface area contributed by atoms with Gasteiger partial charge in [0.2, 0.25) is 0 Å². The normalized spacial score (nSPS) is 20.4. The van der Waals surface area contributed by atoms with Gasteiger partial charge in [-0.05, 0) is 18.6 Å². The number of hydrogen-bond donors (Lipinski definition) is 2. The number of nitrogens with one attached hydrogen (secondary N) is 1. The minimum absolute atomic E-state index is 0.294.